The molecule has 0 spiro atoms. The average Bonchev–Trinajstić information content (AvgIpc) is 2.29. The number of nitrogens with zero attached hydrogens (tertiary/aromatic N) is 1. The number of methoxy groups -OCH3 is 1. The van der Waals surface area contributed by atoms with Gasteiger partial charge >= 0.3 is 5.97 Å². The van der Waals surface area contributed by atoms with Crippen molar-refractivity contribution in [2.75, 3.05) is 26.7 Å². The Morgan fingerprint density at radius 3 is 2.47 bits per heavy atom. The molecule has 0 atom stereocenters. The summed E-state index contributed by atoms with van der Waals surface area (Å²) < 4.78 is 4.45. The second-order valence-corrected chi connectivity index (χ2v) is 3.81. The number of likely N-dealkylation sites (tertiary alicyclic amines) is 1. The highest BCUT2D eigenvalue weighted by molar-refractivity contribution is 5.94. The first-order valence-corrected chi connectivity index (χ1v) is 5.22. The third kappa shape index (κ3) is 3.51. The van der Waals surface area contributed by atoms with E-state index in [0.717, 1.165) is 12.8 Å². The molecule has 0 saturated carbocycles. The molecule has 1 amide bonds. The van der Waals surface area contributed by atoms with E-state index >= 15 is 0 Å². The lowest BCUT2D eigenvalue weighted by Crippen LogP contribution is -2.40. The molecule has 2 N–H and O–H groups in total. The zero-order chi connectivity index (χ0) is 11.3. The monoisotopic (exact) mass is 214 g/mol. The fourth-order valence-electron chi connectivity index (χ4n) is 1.73. The highest BCUT2D eigenvalue weighted by Gasteiger charge is 2.23. The molecule has 0 unspecified atom stereocenters. The number of carbonyl (C=O) groups is 2. The van der Waals surface area contributed by atoms with Gasteiger partial charge in [-0.2, -0.15) is 0 Å². The molecule has 1 rings (SSSR count). The lowest BCUT2D eigenvalue weighted by atomic mass is 9.97. The summed E-state index contributed by atoms with van der Waals surface area (Å²) in [5, 5.41) is 0. The van der Waals surface area contributed by atoms with Gasteiger partial charge in [0.15, 0.2) is 0 Å². The highest BCUT2D eigenvalue weighted by Crippen LogP contribution is 2.16. The maximum atomic E-state index is 11.6. The summed E-state index contributed by atoms with van der Waals surface area (Å²) in [5.74, 6) is -0.0922. The minimum absolute atomic E-state index is 0.141. The van der Waals surface area contributed by atoms with Crippen LogP contribution in [0.3, 0.4) is 0 Å². The number of ether oxygens (including phenoxy) is 1. The van der Waals surface area contributed by atoms with Crippen molar-refractivity contribution in [2.45, 2.75) is 19.3 Å². The molecule has 5 heteroatoms. The summed E-state index contributed by atoms with van der Waals surface area (Å²) in [6.45, 7) is 2.09. The van der Waals surface area contributed by atoms with Gasteiger partial charge in [0, 0.05) is 13.1 Å². The third-order valence-corrected chi connectivity index (χ3v) is 2.82. The first-order valence-electron chi connectivity index (χ1n) is 5.22. The number of nitrogens with two attached hydrogens (primary N) is 1. The van der Waals surface area contributed by atoms with Crippen LogP contribution in [0.5, 0.6) is 0 Å². The molecular formula is C10H18N2O3. The van der Waals surface area contributed by atoms with Crippen LogP contribution < -0.4 is 5.73 Å². The standard InChI is InChI=1S/C10H18N2O3/c1-15-10(14)6-9(13)12-4-2-8(7-11)3-5-12/h8H,2-7,11H2,1H3. The third-order valence-electron chi connectivity index (χ3n) is 2.82. The predicted octanol–water partition coefficient (Wildman–Crippen LogP) is -0.253. The Morgan fingerprint density at radius 1 is 1.40 bits per heavy atom. The van der Waals surface area contributed by atoms with Gasteiger partial charge in [0.2, 0.25) is 5.91 Å². The molecule has 0 aromatic carbocycles. The molecule has 0 aromatic rings. The van der Waals surface area contributed by atoms with Crippen molar-refractivity contribution in [3.63, 3.8) is 0 Å². The van der Waals surface area contributed by atoms with Crippen molar-refractivity contribution in [3.8, 4) is 0 Å². The number of piperidine rings is 1. The first kappa shape index (κ1) is 12.0. The van der Waals surface area contributed by atoms with Gasteiger partial charge in [-0.1, -0.05) is 0 Å². The van der Waals surface area contributed by atoms with Crippen LogP contribution in [0.2, 0.25) is 0 Å². The SMILES string of the molecule is COC(=O)CC(=O)N1CCC(CN)CC1. The van der Waals surface area contributed by atoms with E-state index in [1.165, 1.54) is 7.11 Å². The van der Waals surface area contributed by atoms with Crippen molar-refractivity contribution in [3.05, 3.63) is 0 Å². The fraction of sp³-hybridized carbons (Fsp3) is 0.800. The molecule has 5 nitrogen and oxygen atoms in total. The van der Waals surface area contributed by atoms with Gasteiger partial charge in [-0.3, -0.25) is 9.59 Å². The number of hydrogen-bond donors (Lipinski definition) is 1. The van der Waals surface area contributed by atoms with E-state index in [0.29, 0.717) is 25.6 Å². The Labute approximate surface area is 89.6 Å². The summed E-state index contributed by atoms with van der Waals surface area (Å²) in [7, 11) is 1.29. The van der Waals surface area contributed by atoms with Crippen LogP contribution in [0.1, 0.15) is 19.3 Å². The Kier molecular flexibility index (Phi) is 4.55. The van der Waals surface area contributed by atoms with E-state index in [-0.39, 0.29) is 12.3 Å². The zero-order valence-electron chi connectivity index (χ0n) is 9.07. The van der Waals surface area contributed by atoms with E-state index < -0.39 is 5.97 Å². The van der Waals surface area contributed by atoms with E-state index in [1.807, 2.05) is 0 Å². The van der Waals surface area contributed by atoms with Crippen molar-refractivity contribution in [2.24, 2.45) is 11.7 Å². The lowest BCUT2D eigenvalue weighted by molar-refractivity contribution is -0.147. The Balaban J connectivity index is 2.33. The maximum absolute atomic E-state index is 11.6. The number of rotatable bonds is 3. The molecule has 1 fully saturated rings. The van der Waals surface area contributed by atoms with Gasteiger partial charge in [0.05, 0.1) is 7.11 Å². The highest BCUT2D eigenvalue weighted by atomic mass is 16.5. The van der Waals surface area contributed by atoms with Crippen LogP contribution >= 0.6 is 0 Å². The summed E-state index contributed by atoms with van der Waals surface area (Å²) in [5.41, 5.74) is 5.55. The second-order valence-electron chi connectivity index (χ2n) is 3.81. The Morgan fingerprint density at radius 2 is 2.00 bits per heavy atom. The molecule has 1 aliphatic heterocycles. The number of hydrogen-bond acceptors (Lipinski definition) is 4. The molecule has 0 aromatic heterocycles. The summed E-state index contributed by atoms with van der Waals surface area (Å²) in [4.78, 5) is 24.2. The van der Waals surface area contributed by atoms with Crippen molar-refractivity contribution in [1.29, 1.82) is 0 Å². The largest absolute Gasteiger partial charge is 0.469 e. The van der Waals surface area contributed by atoms with Gasteiger partial charge in [0.25, 0.3) is 0 Å². The molecule has 0 bridgehead atoms. The Bertz CT molecular complexity index is 235. The molecule has 1 saturated heterocycles. The summed E-state index contributed by atoms with van der Waals surface area (Å²) in [6.07, 6.45) is 1.72. The van der Waals surface area contributed by atoms with Gasteiger partial charge in [0.1, 0.15) is 6.42 Å². The lowest BCUT2D eigenvalue weighted by Gasteiger charge is -2.31. The topological polar surface area (TPSA) is 72.6 Å². The quantitative estimate of drug-likeness (QED) is 0.519. The van der Waals surface area contributed by atoms with Gasteiger partial charge in [-0.05, 0) is 25.3 Å². The van der Waals surface area contributed by atoms with Crippen molar-refractivity contribution in [1.82, 2.24) is 4.90 Å². The van der Waals surface area contributed by atoms with Gasteiger partial charge in [-0.25, -0.2) is 0 Å². The molecule has 1 heterocycles. The Hall–Kier alpha value is -1.10. The number of carbonyl (C=O) groups excluding carboxylic acids is 2. The smallest absolute Gasteiger partial charge is 0.315 e. The van der Waals surface area contributed by atoms with Crippen molar-refractivity contribution < 1.29 is 14.3 Å². The van der Waals surface area contributed by atoms with Crippen LogP contribution in [0, 0.1) is 5.92 Å². The predicted molar refractivity (Wildman–Crippen MR) is 55.0 cm³/mol. The normalized spacial score (nSPS) is 17.6. The van der Waals surface area contributed by atoms with Crippen LogP contribution in [-0.2, 0) is 14.3 Å². The molecule has 0 aliphatic carbocycles. The van der Waals surface area contributed by atoms with Crippen LogP contribution in [0.4, 0.5) is 0 Å². The number of amides is 1. The van der Waals surface area contributed by atoms with E-state index in [4.69, 9.17) is 5.73 Å². The summed E-state index contributed by atoms with van der Waals surface area (Å²) >= 11 is 0. The van der Waals surface area contributed by atoms with E-state index in [2.05, 4.69) is 4.74 Å². The molecule has 0 radical (unpaired) electrons. The van der Waals surface area contributed by atoms with E-state index in [1.54, 1.807) is 4.90 Å². The van der Waals surface area contributed by atoms with Crippen LogP contribution in [0.25, 0.3) is 0 Å². The van der Waals surface area contributed by atoms with E-state index in [9.17, 15) is 9.59 Å². The van der Waals surface area contributed by atoms with Crippen molar-refractivity contribution >= 4 is 11.9 Å². The molecular weight excluding hydrogens is 196 g/mol. The fourth-order valence-corrected chi connectivity index (χ4v) is 1.73. The minimum atomic E-state index is -0.471. The summed E-state index contributed by atoms with van der Waals surface area (Å²) in [6, 6.07) is 0. The molecule has 15 heavy (non-hydrogen) atoms. The molecule has 1 aliphatic rings. The average molecular weight is 214 g/mol. The zero-order valence-corrected chi connectivity index (χ0v) is 9.07. The van der Waals surface area contributed by atoms with Crippen LogP contribution in [0.15, 0.2) is 0 Å². The minimum Gasteiger partial charge on any atom is -0.469 e. The second kappa shape index (κ2) is 5.70. The maximum Gasteiger partial charge on any atom is 0.315 e. The first-order chi connectivity index (χ1) is 7.17. The van der Waals surface area contributed by atoms with Gasteiger partial charge < -0.3 is 15.4 Å². The van der Waals surface area contributed by atoms with Gasteiger partial charge in [-0.15, -0.1) is 0 Å². The van der Waals surface area contributed by atoms with Crippen LogP contribution in [-0.4, -0.2) is 43.5 Å². The molecule has 86 valence electrons. The number of esters is 1.